The molecule has 4 aromatic carbocycles. The first-order valence-electron chi connectivity index (χ1n) is 15.4. The fourth-order valence-electron chi connectivity index (χ4n) is 6.19. The van der Waals surface area contributed by atoms with E-state index in [1.54, 1.807) is 19.1 Å². The third-order valence-corrected chi connectivity index (χ3v) is 8.32. The van der Waals surface area contributed by atoms with Gasteiger partial charge in [-0.2, -0.15) is 0 Å². The highest BCUT2D eigenvalue weighted by Gasteiger charge is 2.43. The second-order valence-corrected chi connectivity index (χ2v) is 11.4. The Morgan fingerprint density at radius 3 is 2.28 bits per heavy atom. The van der Waals surface area contributed by atoms with E-state index in [2.05, 4.69) is 0 Å². The maximum Gasteiger partial charge on any atom is 0.290 e. The molecule has 8 nitrogen and oxygen atoms in total. The topological polar surface area (TPSA) is 87.4 Å². The van der Waals surface area contributed by atoms with Gasteiger partial charge in [0.05, 0.1) is 37.8 Å². The van der Waals surface area contributed by atoms with Crippen LogP contribution in [0.1, 0.15) is 56.9 Å². The Balaban J connectivity index is 1.43. The van der Waals surface area contributed by atoms with Crippen LogP contribution in [-0.4, -0.2) is 38.2 Å². The molecule has 0 bridgehead atoms. The van der Waals surface area contributed by atoms with E-state index < -0.39 is 6.04 Å². The van der Waals surface area contributed by atoms with E-state index >= 15 is 0 Å². The fraction of sp³-hybridized carbons (Fsp3) is 0.263. The van der Waals surface area contributed by atoms with Gasteiger partial charge in [-0.25, -0.2) is 0 Å². The van der Waals surface area contributed by atoms with Gasteiger partial charge in [-0.1, -0.05) is 48.5 Å². The number of benzene rings is 4. The fourth-order valence-corrected chi connectivity index (χ4v) is 6.19. The Morgan fingerprint density at radius 1 is 0.783 bits per heavy atom. The van der Waals surface area contributed by atoms with E-state index in [-0.39, 0.29) is 17.1 Å². The van der Waals surface area contributed by atoms with Crippen LogP contribution < -0.4 is 24.4 Å². The van der Waals surface area contributed by atoms with Crippen LogP contribution in [0.5, 0.6) is 23.0 Å². The Kier molecular flexibility index (Phi) is 8.70. The zero-order valence-electron chi connectivity index (χ0n) is 26.7. The van der Waals surface area contributed by atoms with Gasteiger partial charge in [0.15, 0.2) is 28.4 Å². The monoisotopic (exact) mass is 619 g/mol. The third kappa shape index (κ3) is 5.78. The Labute approximate surface area is 268 Å². The smallest absolute Gasteiger partial charge is 0.290 e. The molecule has 2 heterocycles. The summed E-state index contributed by atoms with van der Waals surface area (Å²) in [4.78, 5) is 30.1. The van der Waals surface area contributed by atoms with Gasteiger partial charge < -0.3 is 28.3 Å². The minimum absolute atomic E-state index is 0.0715. The first-order chi connectivity index (χ1) is 22.3. The molecule has 1 amide bonds. The highest BCUT2D eigenvalue weighted by molar-refractivity contribution is 5.99. The van der Waals surface area contributed by atoms with Crippen molar-refractivity contribution in [2.24, 2.45) is 0 Å². The van der Waals surface area contributed by atoms with Crippen molar-refractivity contribution >= 4 is 16.9 Å². The van der Waals surface area contributed by atoms with E-state index in [0.29, 0.717) is 65.7 Å². The number of rotatable bonds is 11. The number of amides is 1. The van der Waals surface area contributed by atoms with Gasteiger partial charge in [-0.15, -0.1) is 0 Å². The van der Waals surface area contributed by atoms with Gasteiger partial charge in [0.1, 0.15) is 12.2 Å². The van der Waals surface area contributed by atoms with Crippen molar-refractivity contribution in [1.29, 1.82) is 0 Å². The van der Waals surface area contributed by atoms with Crippen molar-refractivity contribution in [3.8, 4) is 23.0 Å². The number of nitrogens with zero attached hydrogens (tertiary/aromatic N) is 1. The number of carbonyl (C=O) groups is 1. The van der Waals surface area contributed by atoms with Crippen LogP contribution in [0.15, 0.2) is 88.1 Å². The van der Waals surface area contributed by atoms with Crippen molar-refractivity contribution in [3.05, 3.63) is 128 Å². The first kappa shape index (κ1) is 30.8. The summed E-state index contributed by atoms with van der Waals surface area (Å²) in [6.07, 6.45) is 0.513. The summed E-state index contributed by atoms with van der Waals surface area (Å²) >= 11 is 0. The van der Waals surface area contributed by atoms with Crippen LogP contribution >= 0.6 is 0 Å². The van der Waals surface area contributed by atoms with Crippen molar-refractivity contribution in [1.82, 2.24) is 4.90 Å². The standard InChI is InChI=1S/C38H37NO7/c1-6-44-31-21-27(13-15-29(31)45-22-26-10-8-7-9-11-26)35-34-36(40)33-24(3)18-23(2)19-32(33)46-37(34)38(41)39(35)17-16-25-12-14-28(42-4)30(20-25)43-5/h7-15,18-21,35H,6,16-17,22H2,1-5H3. The summed E-state index contributed by atoms with van der Waals surface area (Å²) in [6.45, 7) is 6.86. The van der Waals surface area contributed by atoms with E-state index in [4.69, 9.17) is 23.4 Å². The Morgan fingerprint density at radius 2 is 1.54 bits per heavy atom. The number of hydrogen-bond acceptors (Lipinski definition) is 7. The van der Waals surface area contributed by atoms with Crippen molar-refractivity contribution in [2.75, 3.05) is 27.4 Å². The molecule has 0 aliphatic carbocycles. The molecular weight excluding hydrogens is 582 g/mol. The van der Waals surface area contributed by atoms with Gasteiger partial charge in [-0.05, 0) is 85.3 Å². The summed E-state index contributed by atoms with van der Waals surface area (Å²) in [5, 5.41) is 0.483. The average molecular weight is 620 g/mol. The lowest BCUT2D eigenvalue weighted by Crippen LogP contribution is -2.31. The number of ether oxygens (including phenoxy) is 4. The van der Waals surface area contributed by atoms with E-state index in [1.807, 2.05) is 99.6 Å². The molecule has 1 unspecified atom stereocenters. The van der Waals surface area contributed by atoms with Crippen LogP contribution in [0.25, 0.3) is 11.0 Å². The Hall–Kier alpha value is -5.24. The van der Waals surface area contributed by atoms with Crippen LogP contribution in [0, 0.1) is 13.8 Å². The number of fused-ring (bicyclic) bond motifs is 2. The second-order valence-electron chi connectivity index (χ2n) is 11.4. The predicted molar refractivity (Wildman–Crippen MR) is 176 cm³/mol. The molecule has 6 rings (SSSR count). The molecule has 0 saturated heterocycles. The molecular formula is C38H37NO7. The van der Waals surface area contributed by atoms with Crippen LogP contribution in [0.3, 0.4) is 0 Å². The third-order valence-electron chi connectivity index (χ3n) is 8.32. The highest BCUT2D eigenvalue weighted by Crippen LogP contribution is 2.42. The minimum atomic E-state index is -0.689. The molecule has 46 heavy (non-hydrogen) atoms. The van der Waals surface area contributed by atoms with Gasteiger partial charge in [0.25, 0.3) is 5.91 Å². The number of hydrogen-bond donors (Lipinski definition) is 0. The molecule has 0 radical (unpaired) electrons. The Bertz CT molecular complexity index is 1960. The first-order valence-corrected chi connectivity index (χ1v) is 15.4. The van der Waals surface area contributed by atoms with Crippen molar-refractivity contribution in [3.63, 3.8) is 0 Å². The number of aryl methyl sites for hydroxylation is 2. The maximum atomic E-state index is 14.3. The average Bonchev–Trinajstić information content (AvgIpc) is 3.34. The maximum absolute atomic E-state index is 14.3. The molecule has 5 aromatic rings. The zero-order valence-corrected chi connectivity index (χ0v) is 26.7. The quantitative estimate of drug-likeness (QED) is 0.155. The summed E-state index contributed by atoms with van der Waals surface area (Å²) in [7, 11) is 3.18. The molecule has 0 fully saturated rings. The lowest BCUT2D eigenvalue weighted by molar-refractivity contribution is 0.0729. The lowest BCUT2D eigenvalue weighted by atomic mass is 9.96. The van der Waals surface area contributed by atoms with Crippen LogP contribution in [0.4, 0.5) is 0 Å². The van der Waals surface area contributed by atoms with Gasteiger partial charge >= 0.3 is 0 Å². The predicted octanol–water partition coefficient (Wildman–Crippen LogP) is 7.19. The summed E-state index contributed by atoms with van der Waals surface area (Å²) in [5.41, 5.74) is 5.01. The molecule has 236 valence electrons. The molecule has 0 saturated carbocycles. The van der Waals surface area contributed by atoms with Gasteiger partial charge in [-0.3, -0.25) is 9.59 Å². The van der Waals surface area contributed by atoms with Crippen LogP contribution in [-0.2, 0) is 13.0 Å². The van der Waals surface area contributed by atoms with Crippen LogP contribution in [0.2, 0.25) is 0 Å². The molecule has 1 aliphatic rings. The molecule has 1 aromatic heterocycles. The molecule has 0 N–H and O–H groups in total. The molecule has 1 atom stereocenters. The molecule has 1 aliphatic heterocycles. The van der Waals surface area contributed by atoms with E-state index in [1.165, 1.54) is 0 Å². The number of methoxy groups -OCH3 is 2. The van der Waals surface area contributed by atoms with Crippen molar-refractivity contribution < 1.29 is 28.2 Å². The summed E-state index contributed by atoms with van der Waals surface area (Å²) < 4.78 is 29.3. The largest absolute Gasteiger partial charge is 0.493 e. The zero-order chi connectivity index (χ0) is 32.4. The molecule has 0 spiro atoms. The normalized spacial score (nSPS) is 14.0. The second kappa shape index (κ2) is 13.0. The lowest BCUT2D eigenvalue weighted by Gasteiger charge is -2.26. The van der Waals surface area contributed by atoms with Crippen molar-refractivity contribution in [2.45, 2.75) is 39.8 Å². The van der Waals surface area contributed by atoms with Gasteiger partial charge in [0.2, 0.25) is 5.76 Å². The van der Waals surface area contributed by atoms with E-state index in [9.17, 15) is 9.59 Å². The summed E-state index contributed by atoms with van der Waals surface area (Å²) in [5.74, 6) is 2.08. The van der Waals surface area contributed by atoms with Gasteiger partial charge in [0, 0.05) is 6.54 Å². The summed E-state index contributed by atoms with van der Waals surface area (Å²) in [6, 6.07) is 24.3. The molecule has 8 heteroatoms. The highest BCUT2D eigenvalue weighted by atomic mass is 16.5. The van der Waals surface area contributed by atoms with E-state index in [0.717, 1.165) is 27.8 Å². The minimum Gasteiger partial charge on any atom is -0.493 e. The number of carbonyl (C=O) groups excluding carboxylic acids is 1. The SMILES string of the molecule is CCOc1cc(C2c3c(oc4cc(C)cc(C)c4c3=O)C(=O)N2CCc2ccc(OC)c(OC)c2)ccc1OCc1ccccc1.